The number of nitrogens with zero attached hydrogens (tertiary/aromatic N) is 1. The van der Waals surface area contributed by atoms with Gasteiger partial charge < -0.3 is 10.1 Å². The Labute approximate surface area is 157 Å². The van der Waals surface area contributed by atoms with Crippen LogP contribution in [0.3, 0.4) is 0 Å². The zero-order chi connectivity index (χ0) is 19.1. The van der Waals surface area contributed by atoms with Gasteiger partial charge in [-0.1, -0.05) is 23.7 Å². The second-order valence-corrected chi connectivity index (χ2v) is 8.43. The highest BCUT2D eigenvalue weighted by Crippen LogP contribution is 2.41. The highest BCUT2D eigenvalue weighted by Gasteiger charge is 2.45. The number of benzene rings is 1. The summed E-state index contributed by atoms with van der Waals surface area (Å²) in [5.74, 6) is -0.0914. The monoisotopic (exact) mass is 382 g/mol. The van der Waals surface area contributed by atoms with Crippen molar-refractivity contribution >= 4 is 23.6 Å². The Morgan fingerprint density at radius 2 is 1.88 bits per heavy atom. The SMILES string of the molecule is CC(C)(C)OC(=O)N1C[C@H](F)C[C@H]1C(=O)N[C@@H]1C[C@H]1c1ccc(Cl)cc1. The van der Waals surface area contributed by atoms with Crippen LogP contribution in [0.4, 0.5) is 9.18 Å². The van der Waals surface area contributed by atoms with E-state index in [1.54, 1.807) is 20.8 Å². The summed E-state index contributed by atoms with van der Waals surface area (Å²) in [6.07, 6.45) is -1.04. The van der Waals surface area contributed by atoms with Crippen LogP contribution in [0.25, 0.3) is 0 Å². The molecule has 26 heavy (non-hydrogen) atoms. The smallest absolute Gasteiger partial charge is 0.411 e. The van der Waals surface area contributed by atoms with E-state index in [2.05, 4.69) is 5.32 Å². The normalized spacial score (nSPS) is 28.0. The number of carbonyl (C=O) groups excluding carboxylic acids is 2. The fraction of sp³-hybridized carbons (Fsp3) is 0.579. The topological polar surface area (TPSA) is 58.6 Å². The van der Waals surface area contributed by atoms with Crippen molar-refractivity contribution in [3.05, 3.63) is 34.9 Å². The fourth-order valence-corrected chi connectivity index (χ4v) is 3.39. The second kappa shape index (κ2) is 7.06. The van der Waals surface area contributed by atoms with Gasteiger partial charge in [-0.05, 0) is 44.9 Å². The molecule has 0 bridgehead atoms. The first-order valence-electron chi connectivity index (χ1n) is 8.83. The molecule has 1 aromatic carbocycles. The molecular formula is C19H24ClFN2O3. The molecule has 142 valence electrons. The number of likely N-dealkylation sites (tertiary alicyclic amines) is 1. The molecule has 1 heterocycles. The Hall–Kier alpha value is -1.82. The van der Waals surface area contributed by atoms with Gasteiger partial charge in [-0.2, -0.15) is 0 Å². The Morgan fingerprint density at radius 1 is 1.23 bits per heavy atom. The van der Waals surface area contributed by atoms with Gasteiger partial charge in [0.2, 0.25) is 5.91 Å². The predicted molar refractivity (Wildman–Crippen MR) is 97.0 cm³/mol. The minimum atomic E-state index is -1.22. The van der Waals surface area contributed by atoms with Gasteiger partial charge in [0.25, 0.3) is 0 Å². The van der Waals surface area contributed by atoms with E-state index in [4.69, 9.17) is 16.3 Å². The molecular weight excluding hydrogens is 359 g/mol. The van der Waals surface area contributed by atoms with E-state index in [0.717, 1.165) is 12.0 Å². The number of alkyl halides is 1. The molecule has 1 aliphatic carbocycles. The first-order valence-corrected chi connectivity index (χ1v) is 9.21. The fourth-order valence-electron chi connectivity index (χ4n) is 3.27. The molecule has 2 amide bonds. The first-order chi connectivity index (χ1) is 12.1. The molecule has 2 aliphatic rings. The molecule has 0 radical (unpaired) electrons. The number of ether oxygens (including phenoxy) is 1. The van der Waals surface area contributed by atoms with Crippen LogP contribution in [-0.4, -0.2) is 47.3 Å². The first kappa shape index (κ1) is 19.0. The molecule has 7 heteroatoms. The van der Waals surface area contributed by atoms with Crippen LogP contribution in [0.2, 0.25) is 5.02 Å². The van der Waals surface area contributed by atoms with E-state index in [1.807, 2.05) is 24.3 Å². The van der Waals surface area contributed by atoms with Crippen LogP contribution in [0.1, 0.15) is 45.1 Å². The molecule has 1 N–H and O–H groups in total. The number of rotatable bonds is 3. The highest BCUT2D eigenvalue weighted by molar-refractivity contribution is 6.30. The standard InChI is InChI=1S/C19H24ClFN2O3/c1-19(2,3)26-18(25)23-10-13(21)8-16(23)17(24)22-15-9-14(15)11-4-6-12(20)7-5-11/h4-7,13-16H,8-10H2,1-3H3,(H,22,24)/t13-,14+,15-,16+/m1/s1. The zero-order valence-electron chi connectivity index (χ0n) is 15.2. The van der Waals surface area contributed by atoms with Crippen molar-refractivity contribution in [1.82, 2.24) is 10.2 Å². The third-order valence-electron chi connectivity index (χ3n) is 4.60. The maximum Gasteiger partial charge on any atom is 0.411 e. The largest absolute Gasteiger partial charge is 0.444 e. The molecule has 3 rings (SSSR count). The lowest BCUT2D eigenvalue weighted by atomic mass is 10.1. The number of carbonyl (C=O) groups is 2. The van der Waals surface area contributed by atoms with Gasteiger partial charge in [0.05, 0.1) is 6.54 Å². The quantitative estimate of drug-likeness (QED) is 0.867. The van der Waals surface area contributed by atoms with Crippen LogP contribution in [0.15, 0.2) is 24.3 Å². The molecule has 1 aromatic rings. The van der Waals surface area contributed by atoms with Gasteiger partial charge in [-0.15, -0.1) is 0 Å². The van der Waals surface area contributed by atoms with E-state index >= 15 is 0 Å². The van der Waals surface area contributed by atoms with Crippen LogP contribution < -0.4 is 5.32 Å². The van der Waals surface area contributed by atoms with Gasteiger partial charge >= 0.3 is 6.09 Å². The average molecular weight is 383 g/mol. The van der Waals surface area contributed by atoms with Crippen LogP contribution >= 0.6 is 11.6 Å². The van der Waals surface area contributed by atoms with Gasteiger partial charge in [-0.25, -0.2) is 9.18 Å². The van der Waals surface area contributed by atoms with E-state index in [0.29, 0.717) is 5.02 Å². The van der Waals surface area contributed by atoms with E-state index in [-0.39, 0.29) is 30.8 Å². The van der Waals surface area contributed by atoms with Crippen molar-refractivity contribution < 1.29 is 18.7 Å². The molecule has 5 nitrogen and oxygen atoms in total. The van der Waals surface area contributed by atoms with Gasteiger partial charge in [-0.3, -0.25) is 9.69 Å². The molecule has 0 spiro atoms. The van der Waals surface area contributed by atoms with E-state index in [9.17, 15) is 14.0 Å². The van der Waals surface area contributed by atoms with Crippen LogP contribution in [-0.2, 0) is 9.53 Å². The summed E-state index contributed by atoms with van der Waals surface area (Å²) in [6, 6.07) is 6.71. The molecule has 1 saturated heterocycles. The van der Waals surface area contributed by atoms with Crippen molar-refractivity contribution in [2.24, 2.45) is 0 Å². The summed E-state index contributed by atoms with van der Waals surface area (Å²) in [5.41, 5.74) is 0.418. The second-order valence-electron chi connectivity index (χ2n) is 7.99. The van der Waals surface area contributed by atoms with Crippen molar-refractivity contribution in [3.63, 3.8) is 0 Å². The summed E-state index contributed by atoms with van der Waals surface area (Å²) in [6.45, 7) is 5.11. The summed E-state index contributed by atoms with van der Waals surface area (Å²) >= 11 is 5.89. The molecule has 0 unspecified atom stereocenters. The van der Waals surface area contributed by atoms with Crippen molar-refractivity contribution in [3.8, 4) is 0 Å². The predicted octanol–water partition coefficient (Wildman–Crippen LogP) is 3.66. The number of nitrogens with one attached hydrogen (secondary N) is 1. The number of amides is 2. The summed E-state index contributed by atoms with van der Waals surface area (Å²) in [4.78, 5) is 26.1. The minimum Gasteiger partial charge on any atom is -0.444 e. The summed E-state index contributed by atoms with van der Waals surface area (Å²) in [5, 5.41) is 3.61. The Bertz CT molecular complexity index is 689. The lowest BCUT2D eigenvalue weighted by molar-refractivity contribution is -0.125. The maximum absolute atomic E-state index is 13.9. The number of halogens is 2. The third-order valence-corrected chi connectivity index (χ3v) is 4.85. The van der Waals surface area contributed by atoms with Crippen molar-refractivity contribution in [1.29, 1.82) is 0 Å². The summed E-state index contributed by atoms with van der Waals surface area (Å²) < 4.78 is 19.2. The lowest BCUT2D eigenvalue weighted by Gasteiger charge is -2.27. The molecule has 1 aliphatic heterocycles. The van der Waals surface area contributed by atoms with E-state index in [1.165, 1.54) is 4.90 Å². The van der Waals surface area contributed by atoms with Crippen molar-refractivity contribution in [2.75, 3.05) is 6.54 Å². The van der Waals surface area contributed by atoms with Gasteiger partial charge in [0.15, 0.2) is 0 Å². The summed E-state index contributed by atoms with van der Waals surface area (Å²) in [7, 11) is 0. The average Bonchev–Trinajstić information content (AvgIpc) is 3.17. The van der Waals surface area contributed by atoms with Crippen LogP contribution in [0.5, 0.6) is 0 Å². The molecule has 2 fully saturated rings. The highest BCUT2D eigenvalue weighted by atomic mass is 35.5. The zero-order valence-corrected chi connectivity index (χ0v) is 15.9. The van der Waals surface area contributed by atoms with Gasteiger partial charge in [0, 0.05) is 23.4 Å². The molecule has 1 saturated carbocycles. The molecule has 4 atom stereocenters. The van der Waals surface area contributed by atoms with Crippen molar-refractivity contribution in [2.45, 2.75) is 63.4 Å². The van der Waals surface area contributed by atoms with Crippen LogP contribution in [0, 0.1) is 0 Å². The van der Waals surface area contributed by atoms with Gasteiger partial charge in [0.1, 0.15) is 17.8 Å². The third kappa shape index (κ3) is 4.47. The number of hydrogen-bond donors (Lipinski definition) is 1. The Morgan fingerprint density at radius 3 is 2.50 bits per heavy atom. The lowest BCUT2D eigenvalue weighted by Crippen LogP contribution is -2.48. The minimum absolute atomic E-state index is 0.00261. The Balaban J connectivity index is 1.60. The molecule has 0 aromatic heterocycles. The number of hydrogen-bond acceptors (Lipinski definition) is 3. The Kier molecular flexibility index (Phi) is 5.15. The van der Waals surface area contributed by atoms with E-state index < -0.39 is 23.9 Å². The maximum atomic E-state index is 13.9.